The van der Waals surface area contributed by atoms with E-state index in [2.05, 4.69) is 13.8 Å². The largest absolute Gasteiger partial charge is 0.493 e. The average molecular weight is 335 g/mol. The summed E-state index contributed by atoms with van der Waals surface area (Å²) in [6.45, 7) is 6.29. The predicted molar refractivity (Wildman–Crippen MR) is 93.9 cm³/mol. The highest BCUT2D eigenvalue weighted by Crippen LogP contribution is 2.32. The van der Waals surface area contributed by atoms with E-state index >= 15 is 0 Å². The van der Waals surface area contributed by atoms with E-state index < -0.39 is 0 Å². The molecule has 1 aromatic rings. The molecule has 1 aliphatic rings. The van der Waals surface area contributed by atoms with E-state index in [0.717, 1.165) is 12.8 Å². The molecule has 1 amide bonds. The van der Waals surface area contributed by atoms with Gasteiger partial charge in [-0.2, -0.15) is 0 Å². The fourth-order valence-corrected chi connectivity index (χ4v) is 3.06. The van der Waals surface area contributed by atoms with Gasteiger partial charge in [0.25, 0.3) is 5.91 Å². The van der Waals surface area contributed by atoms with Crippen LogP contribution in [0.25, 0.3) is 0 Å². The molecule has 0 spiro atoms. The van der Waals surface area contributed by atoms with Crippen LogP contribution < -0.4 is 9.47 Å². The Morgan fingerprint density at radius 1 is 1.33 bits per heavy atom. The molecule has 0 N–H and O–H groups in total. The summed E-state index contributed by atoms with van der Waals surface area (Å²) >= 11 is 0. The second kappa shape index (κ2) is 8.92. The predicted octanol–water partition coefficient (Wildman–Crippen LogP) is 3.37. The lowest BCUT2D eigenvalue weighted by atomic mass is 10.0. The summed E-state index contributed by atoms with van der Waals surface area (Å²) < 4.78 is 16.5. The summed E-state index contributed by atoms with van der Waals surface area (Å²) in [5.41, 5.74) is 0.541. The molecule has 1 aromatic carbocycles. The van der Waals surface area contributed by atoms with Gasteiger partial charge in [-0.05, 0) is 24.5 Å². The lowest BCUT2D eigenvalue weighted by Crippen LogP contribution is -2.45. The third-order valence-corrected chi connectivity index (χ3v) is 4.37. The van der Waals surface area contributed by atoms with Crippen LogP contribution in [0.15, 0.2) is 18.2 Å². The zero-order chi connectivity index (χ0) is 17.5. The molecule has 0 radical (unpaired) electrons. The molecule has 1 heterocycles. The number of amides is 1. The zero-order valence-electron chi connectivity index (χ0n) is 15.2. The SMILES string of the molecule is COc1cccc(C(=O)N2CCO[C@H](CCCC(C)C)C2)c1OC. The molecule has 0 bridgehead atoms. The Morgan fingerprint density at radius 2 is 2.12 bits per heavy atom. The minimum absolute atomic E-state index is 0.0251. The van der Waals surface area contributed by atoms with Crippen LogP contribution in [0.5, 0.6) is 11.5 Å². The minimum atomic E-state index is -0.0251. The second-order valence-electron chi connectivity index (χ2n) is 6.61. The van der Waals surface area contributed by atoms with Crippen molar-refractivity contribution >= 4 is 5.91 Å². The molecule has 5 heteroatoms. The number of benzene rings is 1. The van der Waals surface area contributed by atoms with Gasteiger partial charge in [-0.3, -0.25) is 4.79 Å². The normalized spacial score (nSPS) is 17.9. The highest BCUT2D eigenvalue weighted by molar-refractivity contribution is 5.97. The summed E-state index contributed by atoms with van der Waals surface area (Å²) in [7, 11) is 3.13. The van der Waals surface area contributed by atoms with Gasteiger partial charge in [-0.25, -0.2) is 0 Å². The van der Waals surface area contributed by atoms with Gasteiger partial charge in [0.05, 0.1) is 32.5 Å². The van der Waals surface area contributed by atoms with Gasteiger partial charge in [-0.15, -0.1) is 0 Å². The molecule has 1 aliphatic heterocycles. The van der Waals surface area contributed by atoms with Crippen molar-refractivity contribution in [2.45, 2.75) is 39.2 Å². The third kappa shape index (κ3) is 4.63. The Bertz CT molecular complexity index is 544. The smallest absolute Gasteiger partial charge is 0.257 e. The van der Waals surface area contributed by atoms with Crippen molar-refractivity contribution in [2.24, 2.45) is 5.92 Å². The van der Waals surface area contributed by atoms with E-state index in [0.29, 0.717) is 42.7 Å². The van der Waals surface area contributed by atoms with Crippen LogP contribution in [0, 0.1) is 5.92 Å². The minimum Gasteiger partial charge on any atom is -0.493 e. The van der Waals surface area contributed by atoms with Crippen LogP contribution in [0.1, 0.15) is 43.5 Å². The first-order valence-electron chi connectivity index (χ1n) is 8.68. The van der Waals surface area contributed by atoms with Gasteiger partial charge in [0, 0.05) is 13.1 Å². The molecule has 0 saturated carbocycles. The maximum atomic E-state index is 12.9. The molecule has 2 rings (SSSR count). The van der Waals surface area contributed by atoms with Crippen molar-refractivity contribution in [3.8, 4) is 11.5 Å². The van der Waals surface area contributed by atoms with Gasteiger partial charge in [-0.1, -0.05) is 32.8 Å². The quantitative estimate of drug-likeness (QED) is 0.766. The Labute approximate surface area is 144 Å². The average Bonchev–Trinajstić information content (AvgIpc) is 2.60. The van der Waals surface area contributed by atoms with Crippen LogP contribution in [0.3, 0.4) is 0 Å². The van der Waals surface area contributed by atoms with Crippen molar-refractivity contribution in [1.82, 2.24) is 4.90 Å². The fourth-order valence-electron chi connectivity index (χ4n) is 3.06. The standard InChI is InChI=1S/C19H29NO4/c1-14(2)7-5-8-15-13-20(11-12-24-15)19(21)16-9-6-10-17(22-3)18(16)23-4/h6,9-10,14-15H,5,7-8,11-13H2,1-4H3/t15-/m1/s1. The lowest BCUT2D eigenvalue weighted by molar-refractivity contribution is -0.0261. The number of ether oxygens (including phenoxy) is 3. The highest BCUT2D eigenvalue weighted by Gasteiger charge is 2.27. The first-order chi connectivity index (χ1) is 11.6. The number of rotatable bonds is 7. The Hall–Kier alpha value is -1.75. The third-order valence-electron chi connectivity index (χ3n) is 4.37. The molecule has 1 fully saturated rings. The monoisotopic (exact) mass is 335 g/mol. The number of nitrogens with zero attached hydrogens (tertiary/aromatic N) is 1. The van der Waals surface area contributed by atoms with Crippen LogP contribution in [0.2, 0.25) is 0 Å². The van der Waals surface area contributed by atoms with Crippen LogP contribution in [-0.4, -0.2) is 50.8 Å². The number of para-hydroxylation sites is 1. The molecular weight excluding hydrogens is 306 g/mol. The van der Waals surface area contributed by atoms with Gasteiger partial charge in [0.15, 0.2) is 11.5 Å². The van der Waals surface area contributed by atoms with Crippen molar-refractivity contribution in [3.05, 3.63) is 23.8 Å². The first-order valence-corrected chi connectivity index (χ1v) is 8.68. The number of carbonyl (C=O) groups excluding carboxylic acids is 1. The number of methoxy groups -OCH3 is 2. The zero-order valence-corrected chi connectivity index (χ0v) is 15.2. The van der Waals surface area contributed by atoms with Gasteiger partial charge < -0.3 is 19.1 Å². The van der Waals surface area contributed by atoms with E-state index in [4.69, 9.17) is 14.2 Å². The summed E-state index contributed by atoms with van der Waals surface area (Å²) in [5, 5.41) is 0. The highest BCUT2D eigenvalue weighted by atomic mass is 16.5. The molecule has 0 aromatic heterocycles. The molecular formula is C19H29NO4. The Morgan fingerprint density at radius 3 is 2.79 bits per heavy atom. The Kier molecular flexibility index (Phi) is 6.91. The van der Waals surface area contributed by atoms with Crippen molar-refractivity contribution in [2.75, 3.05) is 33.9 Å². The number of morpholine rings is 1. The van der Waals surface area contributed by atoms with E-state index in [1.165, 1.54) is 6.42 Å². The molecule has 134 valence electrons. The lowest BCUT2D eigenvalue weighted by Gasteiger charge is -2.33. The summed E-state index contributed by atoms with van der Waals surface area (Å²) in [6, 6.07) is 5.39. The molecule has 1 saturated heterocycles. The number of hydrogen-bond donors (Lipinski definition) is 0. The van der Waals surface area contributed by atoms with E-state index in [1.54, 1.807) is 26.4 Å². The maximum absolute atomic E-state index is 12.9. The maximum Gasteiger partial charge on any atom is 0.257 e. The summed E-state index contributed by atoms with van der Waals surface area (Å²) in [6.07, 6.45) is 3.44. The van der Waals surface area contributed by atoms with Gasteiger partial charge >= 0.3 is 0 Å². The molecule has 0 aliphatic carbocycles. The van der Waals surface area contributed by atoms with E-state index in [-0.39, 0.29) is 12.0 Å². The summed E-state index contributed by atoms with van der Waals surface area (Å²) in [4.78, 5) is 14.8. The topological polar surface area (TPSA) is 48.0 Å². The molecule has 5 nitrogen and oxygen atoms in total. The van der Waals surface area contributed by atoms with Gasteiger partial charge in [0.2, 0.25) is 0 Å². The fraction of sp³-hybridized carbons (Fsp3) is 0.632. The van der Waals surface area contributed by atoms with Crippen molar-refractivity contribution in [1.29, 1.82) is 0 Å². The van der Waals surface area contributed by atoms with E-state index in [1.807, 2.05) is 11.0 Å². The summed E-state index contributed by atoms with van der Waals surface area (Å²) in [5.74, 6) is 1.74. The number of carbonyl (C=O) groups is 1. The second-order valence-corrected chi connectivity index (χ2v) is 6.61. The van der Waals surface area contributed by atoms with Crippen molar-refractivity contribution < 1.29 is 19.0 Å². The van der Waals surface area contributed by atoms with Gasteiger partial charge in [0.1, 0.15) is 0 Å². The van der Waals surface area contributed by atoms with Crippen LogP contribution in [-0.2, 0) is 4.74 Å². The Balaban J connectivity index is 2.04. The molecule has 1 atom stereocenters. The molecule has 0 unspecified atom stereocenters. The van der Waals surface area contributed by atoms with Crippen LogP contribution in [0.4, 0.5) is 0 Å². The number of hydrogen-bond acceptors (Lipinski definition) is 4. The van der Waals surface area contributed by atoms with E-state index in [9.17, 15) is 4.79 Å². The molecule has 24 heavy (non-hydrogen) atoms. The first kappa shape index (κ1) is 18.6. The van der Waals surface area contributed by atoms with Crippen LogP contribution >= 0.6 is 0 Å². The van der Waals surface area contributed by atoms with Crippen molar-refractivity contribution in [3.63, 3.8) is 0 Å².